The molecule has 1 N–H and O–H groups in total. The van der Waals surface area contributed by atoms with Crippen molar-refractivity contribution in [2.75, 3.05) is 25.0 Å². The van der Waals surface area contributed by atoms with Gasteiger partial charge in [0.25, 0.3) is 5.91 Å². The van der Waals surface area contributed by atoms with Gasteiger partial charge in [-0.1, -0.05) is 18.2 Å². The maximum atomic E-state index is 13.2. The Morgan fingerprint density at radius 3 is 2.57 bits per heavy atom. The van der Waals surface area contributed by atoms with Gasteiger partial charge in [-0.15, -0.1) is 0 Å². The maximum absolute atomic E-state index is 13.2. The summed E-state index contributed by atoms with van der Waals surface area (Å²) < 4.78 is 1.96. The van der Waals surface area contributed by atoms with E-state index in [9.17, 15) is 4.79 Å². The monoisotopic (exact) mass is 405 g/mol. The quantitative estimate of drug-likeness (QED) is 0.666. The van der Waals surface area contributed by atoms with Crippen LogP contribution in [0.3, 0.4) is 0 Å². The number of aryl methyl sites for hydroxylation is 1. The molecular weight excluding hydrogens is 374 g/mol. The van der Waals surface area contributed by atoms with Gasteiger partial charge in [0.15, 0.2) is 5.65 Å². The molecule has 1 aliphatic carbocycles. The van der Waals surface area contributed by atoms with Crippen molar-refractivity contribution in [2.24, 2.45) is 0 Å². The van der Waals surface area contributed by atoms with Crippen LogP contribution in [0.25, 0.3) is 11.0 Å². The van der Waals surface area contributed by atoms with E-state index in [1.165, 1.54) is 0 Å². The molecule has 158 valence electrons. The van der Waals surface area contributed by atoms with E-state index in [-0.39, 0.29) is 11.4 Å². The Bertz CT molecular complexity index is 1060. The second-order valence-corrected chi connectivity index (χ2v) is 9.25. The van der Waals surface area contributed by atoms with Crippen molar-refractivity contribution in [1.29, 1.82) is 0 Å². The Hall–Kier alpha value is -2.89. The Labute approximate surface area is 178 Å². The van der Waals surface area contributed by atoms with Gasteiger partial charge >= 0.3 is 0 Å². The summed E-state index contributed by atoms with van der Waals surface area (Å²) in [5.74, 6) is 0.413. The average molecular weight is 406 g/mol. The number of benzene rings is 1. The fourth-order valence-electron chi connectivity index (χ4n) is 3.79. The van der Waals surface area contributed by atoms with Gasteiger partial charge in [0, 0.05) is 37.4 Å². The molecule has 1 aromatic carbocycles. The van der Waals surface area contributed by atoms with Crippen LogP contribution < -0.4 is 10.2 Å². The molecule has 0 unspecified atom stereocenters. The Morgan fingerprint density at radius 2 is 1.93 bits per heavy atom. The molecule has 0 atom stereocenters. The number of likely N-dealkylation sites (N-methyl/N-ethyl adjacent to an activating group) is 1. The highest BCUT2D eigenvalue weighted by Gasteiger charge is 2.30. The topological polar surface area (TPSA) is 63.1 Å². The molecule has 0 bridgehead atoms. The smallest absolute Gasteiger partial charge is 0.252 e. The van der Waals surface area contributed by atoms with Crippen LogP contribution in [0.4, 0.5) is 5.69 Å². The standard InChI is InChI=1S/C24H31N5O/c1-16-21-19(23(30)25-13-14-28(5)18-9-7-6-8-10-18)15-20(17-11-12-17)26-22(21)29(27-16)24(2,3)4/h6-10,15,17H,11-14H2,1-5H3,(H,25,30). The number of fused-ring (bicyclic) bond motifs is 1. The highest BCUT2D eigenvalue weighted by Crippen LogP contribution is 2.41. The van der Waals surface area contributed by atoms with Crippen LogP contribution in [-0.4, -0.2) is 40.8 Å². The Kier molecular flexibility index (Phi) is 5.26. The van der Waals surface area contributed by atoms with Crippen LogP contribution in [0.15, 0.2) is 36.4 Å². The molecule has 0 saturated heterocycles. The summed E-state index contributed by atoms with van der Waals surface area (Å²) >= 11 is 0. The number of hydrogen-bond acceptors (Lipinski definition) is 4. The van der Waals surface area contributed by atoms with E-state index in [2.05, 4.69) is 43.1 Å². The molecule has 3 aromatic rings. The number of rotatable bonds is 6. The molecular formula is C24H31N5O. The zero-order valence-corrected chi connectivity index (χ0v) is 18.6. The first-order valence-corrected chi connectivity index (χ1v) is 10.7. The van der Waals surface area contributed by atoms with Crippen molar-refractivity contribution in [1.82, 2.24) is 20.1 Å². The molecule has 0 spiro atoms. The molecule has 0 aliphatic heterocycles. The van der Waals surface area contributed by atoms with E-state index in [1.807, 2.05) is 42.9 Å². The lowest BCUT2D eigenvalue weighted by atomic mass is 10.1. The first-order chi connectivity index (χ1) is 14.3. The predicted octanol–water partition coefficient (Wildman–Crippen LogP) is 4.24. The number of nitrogens with one attached hydrogen (secondary N) is 1. The lowest BCUT2D eigenvalue weighted by molar-refractivity contribution is 0.0956. The van der Waals surface area contributed by atoms with E-state index in [1.54, 1.807) is 0 Å². The molecule has 1 fully saturated rings. The molecule has 1 saturated carbocycles. The van der Waals surface area contributed by atoms with Crippen molar-refractivity contribution >= 4 is 22.6 Å². The largest absolute Gasteiger partial charge is 0.373 e. The van der Waals surface area contributed by atoms with Gasteiger partial charge in [-0.25, -0.2) is 9.67 Å². The third kappa shape index (κ3) is 4.04. The highest BCUT2D eigenvalue weighted by atomic mass is 16.1. The minimum absolute atomic E-state index is 0.0534. The highest BCUT2D eigenvalue weighted by molar-refractivity contribution is 6.06. The summed E-state index contributed by atoms with van der Waals surface area (Å²) in [6, 6.07) is 12.2. The van der Waals surface area contributed by atoms with E-state index in [0.29, 0.717) is 18.0 Å². The molecule has 0 radical (unpaired) electrons. The summed E-state index contributed by atoms with van der Waals surface area (Å²) in [6.07, 6.45) is 2.29. The fourth-order valence-corrected chi connectivity index (χ4v) is 3.79. The zero-order valence-electron chi connectivity index (χ0n) is 18.6. The second kappa shape index (κ2) is 7.74. The van der Waals surface area contributed by atoms with Crippen LogP contribution in [0.5, 0.6) is 0 Å². The van der Waals surface area contributed by atoms with Crippen LogP contribution in [0.1, 0.15) is 61.3 Å². The predicted molar refractivity (Wildman–Crippen MR) is 121 cm³/mol. The summed E-state index contributed by atoms with van der Waals surface area (Å²) in [5, 5.41) is 8.71. The SMILES string of the molecule is Cc1nn(C(C)(C)C)c2nc(C3CC3)cc(C(=O)NCCN(C)c3ccccc3)c12. The minimum Gasteiger partial charge on any atom is -0.373 e. The Morgan fingerprint density at radius 1 is 1.23 bits per heavy atom. The van der Waals surface area contributed by atoms with Gasteiger partial charge in [-0.2, -0.15) is 5.10 Å². The lowest BCUT2D eigenvalue weighted by Crippen LogP contribution is -2.33. The molecule has 6 nitrogen and oxygen atoms in total. The number of amides is 1. The summed E-state index contributed by atoms with van der Waals surface area (Å²) in [5.41, 5.74) is 4.30. The van der Waals surface area contributed by atoms with Gasteiger partial charge < -0.3 is 10.2 Å². The lowest BCUT2D eigenvalue weighted by Gasteiger charge is -2.20. The zero-order chi connectivity index (χ0) is 21.5. The molecule has 4 rings (SSSR count). The number of carbonyl (C=O) groups is 1. The van der Waals surface area contributed by atoms with E-state index in [0.717, 1.165) is 47.5 Å². The first-order valence-electron chi connectivity index (χ1n) is 10.7. The summed E-state index contributed by atoms with van der Waals surface area (Å²) in [7, 11) is 2.04. The number of hydrogen-bond donors (Lipinski definition) is 1. The van der Waals surface area contributed by atoms with E-state index >= 15 is 0 Å². The van der Waals surface area contributed by atoms with Gasteiger partial charge in [0.2, 0.25) is 0 Å². The third-order valence-corrected chi connectivity index (χ3v) is 5.64. The van der Waals surface area contributed by atoms with Crippen LogP contribution in [-0.2, 0) is 5.54 Å². The summed E-state index contributed by atoms with van der Waals surface area (Å²) in [6.45, 7) is 9.61. The second-order valence-electron chi connectivity index (χ2n) is 9.25. The van der Waals surface area contributed by atoms with Gasteiger partial charge in [-0.05, 0) is 58.7 Å². The molecule has 2 aromatic heterocycles. The fraction of sp³-hybridized carbons (Fsp3) is 0.458. The third-order valence-electron chi connectivity index (χ3n) is 5.64. The number of aromatic nitrogens is 3. The average Bonchev–Trinajstić information content (AvgIpc) is 3.50. The number of anilines is 1. The molecule has 1 aliphatic rings. The number of nitrogens with zero attached hydrogens (tertiary/aromatic N) is 4. The van der Waals surface area contributed by atoms with Crippen molar-refractivity contribution in [2.45, 2.75) is 52.0 Å². The van der Waals surface area contributed by atoms with Gasteiger partial charge in [0.1, 0.15) is 0 Å². The minimum atomic E-state index is -0.201. The molecule has 2 heterocycles. The van der Waals surface area contributed by atoms with Gasteiger partial charge in [0.05, 0.1) is 22.2 Å². The summed E-state index contributed by atoms with van der Waals surface area (Å²) in [4.78, 5) is 20.3. The van der Waals surface area contributed by atoms with Crippen molar-refractivity contribution in [3.63, 3.8) is 0 Å². The molecule has 6 heteroatoms. The van der Waals surface area contributed by atoms with Gasteiger partial charge in [-0.3, -0.25) is 4.79 Å². The maximum Gasteiger partial charge on any atom is 0.252 e. The Balaban J connectivity index is 1.59. The van der Waals surface area contributed by atoms with E-state index in [4.69, 9.17) is 10.1 Å². The van der Waals surface area contributed by atoms with Crippen LogP contribution in [0.2, 0.25) is 0 Å². The van der Waals surface area contributed by atoms with Crippen molar-refractivity contribution in [3.8, 4) is 0 Å². The molecule has 1 amide bonds. The van der Waals surface area contributed by atoms with Crippen LogP contribution >= 0.6 is 0 Å². The van der Waals surface area contributed by atoms with E-state index < -0.39 is 0 Å². The molecule has 30 heavy (non-hydrogen) atoms. The number of carbonyl (C=O) groups excluding carboxylic acids is 1. The van der Waals surface area contributed by atoms with Crippen molar-refractivity contribution in [3.05, 3.63) is 53.3 Å². The first kappa shape index (κ1) is 20.4. The normalized spacial score (nSPS) is 14.2. The number of pyridine rings is 1. The van der Waals surface area contributed by atoms with Crippen LogP contribution in [0, 0.1) is 6.92 Å². The number of para-hydroxylation sites is 1. The van der Waals surface area contributed by atoms with Crippen molar-refractivity contribution < 1.29 is 4.79 Å².